The molecule has 0 fully saturated rings. The summed E-state index contributed by atoms with van der Waals surface area (Å²) in [6.07, 6.45) is 1.55. The van der Waals surface area contributed by atoms with Crippen molar-refractivity contribution in [2.75, 3.05) is 0 Å². The van der Waals surface area contributed by atoms with Crippen molar-refractivity contribution in [1.29, 1.82) is 0 Å². The summed E-state index contributed by atoms with van der Waals surface area (Å²) >= 11 is 15.8. The van der Waals surface area contributed by atoms with Crippen molar-refractivity contribution in [2.24, 2.45) is 5.16 Å². The van der Waals surface area contributed by atoms with Crippen molar-refractivity contribution >= 4 is 74.6 Å². The van der Waals surface area contributed by atoms with Crippen LogP contribution in [0.4, 0.5) is 0 Å². The average molecular weight is 534 g/mol. The lowest BCUT2D eigenvalue weighted by Gasteiger charge is -2.02. The molecule has 0 amide bonds. The van der Waals surface area contributed by atoms with E-state index < -0.39 is 0 Å². The molecule has 0 radical (unpaired) electrons. The van der Waals surface area contributed by atoms with Crippen molar-refractivity contribution in [2.45, 2.75) is 0 Å². The molecule has 0 spiro atoms. The molecule has 0 aliphatic heterocycles. The van der Waals surface area contributed by atoms with Gasteiger partial charge in [-0.1, -0.05) is 28.4 Å². The Kier molecular flexibility index (Phi) is 5.76. The smallest absolute Gasteiger partial charge is 0.160 e. The van der Waals surface area contributed by atoms with E-state index >= 15 is 0 Å². The van der Waals surface area contributed by atoms with E-state index in [-0.39, 0.29) is 5.75 Å². The first-order valence-electron chi connectivity index (χ1n) is 5.30. The molecule has 0 aliphatic rings. The topological polar surface area (TPSA) is 41.8 Å². The number of aromatic hydroxyl groups is 1. The fraction of sp³-hybridized carbons (Fsp3) is 0. The van der Waals surface area contributed by atoms with Crippen LogP contribution < -0.4 is 4.84 Å². The SMILES string of the molecule is Oc1c(I)cc(/C=N/Oc2cc(Cl)cc(Cl)c2)cc1I. The highest BCUT2D eigenvalue weighted by Crippen LogP contribution is 2.27. The molecule has 2 aromatic rings. The van der Waals surface area contributed by atoms with Crippen LogP contribution in [-0.4, -0.2) is 11.3 Å². The second kappa shape index (κ2) is 7.15. The zero-order chi connectivity index (χ0) is 14.7. The molecule has 0 heterocycles. The largest absolute Gasteiger partial charge is 0.506 e. The average Bonchev–Trinajstić information content (AvgIpc) is 2.34. The van der Waals surface area contributed by atoms with Crippen LogP contribution in [0.5, 0.6) is 11.5 Å². The standard InChI is InChI=1S/C13H7Cl2I2NO2/c14-8-3-9(15)5-10(4-8)20-18-6-7-1-11(16)13(19)12(17)2-7/h1-6,19H/b18-6+. The molecule has 0 aromatic heterocycles. The molecule has 0 saturated heterocycles. The molecule has 3 nitrogen and oxygen atoms in total. The van der Waals surface area contributed by atoms with E-state index in [9.17, 15) is 5.11 Å². The molecule has 0 bridgehead atoms. The lowest BCUT2D eigenvalue weighted by Crippen LogP contribution is -1.90. The first-order valence-corrected chi connectivity index (χ1v) is 8.21. The highest BCUT2D eigenvalue weighted by Gasteiger charge is 2.04. The van der Waals surface area contributed by atoms with Crippen molar-refractivity contribution in [3.8, 4) is 11.5 Å². The number of halogens is 4. The number of benzene rings is 2. The Hall–Kier alpha value is -0.250. The van der Waals surface area contributed by atoms with Gasteiger partial charge in [0.05, 0.1) is 13.4 Å². The van der Waals surface area contributed by atoms with Crippen LogP contribution in [0.1, 0.15) is 5.56 Å². The molecule has 20 heavy (non-hydrogen) atoms. The number of phenols is 1. The van der Waals surface area contributed by atoms with Gasteiger partial charge in [0.1, 0.15) is 5.75 Å². The van der Waals surface area contributed by atoms with Gasteiger partial charge >= 0.3 is 0 Å². The third kappa shape index (κ3) is 4.37. The molecule has 7 heteroatoms. The fourth-order valence-electron chi connectivity index (χ4n) is 1.39. The summed E-state index contributed by atoms with van der Waals surface area (Å²) in [6, 6.07) is 8.46. The number of hydrogen-bond acceptors (Lipinski definition) is 3. The number of oxime groups is 1. The Labute approximate surface area is 153 Å². The zero-order valence-electron chi connectivity index (χ0n) is 9.78. The van der Waals surface area contributed by atoms with E-state index in [4.69, 9.17) is 28.0 Å². The molecular weight excluding hydrogens is 527 g/mol. The van der Waals surface area contributed by atoms with Crippen LogP contribution in [0.25, 0.3) is 0 Å². The van der Waals surface area contributed by atoms with Gasteiger partial charge in [-0.25, -0.2) is 0 Å². The Morgan fingerprint density at radius 2 is 1.55 bits per heavy atom. The minimum Gasteiger partial charge on any atom is -0.506 e. The third-order valence-electron chi connectivity index (χ3n) is 2.24. The maximum absolute atomic E-state index is 9.68. The maximum Gasteiger partial charge on any atom is 0.160 e. The Balaban J connectivity index is 2.14. The maximum atomic E-state index is 9.68. The van der Waals surface area contributed by atoms with Gasteiger partial charge < -0.3 is 9.94 Å². The molecule has 0 atom stereocenters. The first kappa shape index (κ1) is 16.1. The number of nitrogens with zero attached hydrogens (tertiary/aromatic N) is 1. The Morgan fingerprint density at radius 1 is 1.00 bits per heavy atom. The first-order chi connectivity index (χ1) is 9.45. The summed E-state index contributed by atoms with van der Waals surface area (Å²) in [6.45, 7) is 0. The van der Waals surface area contributed by atoms with Gasteiger partial charge in [0.25, 0.3) is 0 Å². The molecular formula is C13H7Cl2I2NO2. The van der Waals surface area contributed by atoms with E-state index in [1.54, 1.807) is 36.5 Å². The van der Waals surface area contributed by atoms with E-state index in [0.717, 1.165) is 12.7 Å². The lowest BCUT2D eigenvalue weighted by atomic mass is 10.2. The molecule has 0 unspecified atom stereocenters. The predicted octanol–water partition coefficient (Wildman–Crippen LogP) is 5.32. The second-order valence-electron chi connectivity index (χ2n) is 3.76. The van der Waals surface area contributed by atoms with Crippen molar-refractivity contribution in [3.63, 3.8) is 0 Å². The van der Waals surface area contributed by atoms with Crippen molar-refractivity contribution < 1.29 is 9.94 Å². The normalized spacial score (nSPS) is 11.0. The Morgan fingerprint density at radius 3 is 2.10 bits per heavy atom. The summed E-state index contributed by atoms with van der Waals surface area (Å²) in [5.74, 6) is 0.729. The van der Waals surface area contributed by atoms with Crippen LogP contribution in [0.15, 0.2) is 35.5 Å². The van der Waals surface area contributed by atoms with Crippen molar-refractivity contribution in [3.05, 3.63) is 53.1 Å². The molecule has 2 rings (SSSR count). The molecule has 1 N–H and O–H groups in total. The Bertz CT molecular complexity index is 634. The monoisotopic (exact) mass is 533 g/mol. The van der Waals surface area contributed by atoms with E-state index in [0.29, 0.717) is 15.8 Å². The third-order valence-corrected chi connectivity index (χ3v) is 4.32. The van der Waals surface area contributed by atoms with E-state index in [1.807, 2.05) is 0 Å². The second-order valence-corrected chi connectivity index (χ2v) is 6.96. The van der Waals surface area contributed by atoms with Gasteiger partial charge in [-0.2, -0.15) is 0 Å². The van der Waals surface area contributed by atoms with Crippen molar-refractivity contribution in [1.82, 2.24) is 0 Å². The van der Waals surface area contributed by atoms with Crippen LogP contribution >= 0.6 is 68.4 Å². The molecule has 0 aliphatic carbocycles. The summed E-state index contributed by atoms with van der Waals surface area (Å²) < 4.78 is 1.50. The van der Waals surface area contributed by atoms with Gasteiger partial charge in [-0.3, -0.25) is 0 Å². The highest BCUT2D eigenvalue weighted by molar-refractivity contribution is 14.1. The summed E-state index contributed by atoms with van der Waals surface area (Å²) in [4.78, 5) is 5.21. The summed E-state index contributed by atoms with van der Waals surface area (Å²) in [7, 11) is 0. The summed E-state index contributed by atoms with van der Waals surface area (Å²) in [5, 5.41) is 14.5. The predicted molar refractivity (Wildman–Crippen MR) is 98.2 cm³/mol. The van der Waals surface area contributed by atoms with Crippen LogP contribution in [0, 0.1) is 7.14 Å². The van der Waals surface area contributed by atoms with E-state index in [2.05, 4.69) is 50.3 Å². The minimum atomic E-state index is 0.269. The van der Waals surface area contributed by atoms with Gasteiger partial charge in [0, 0.05) is 22.2 Å². The molecule has 104 valence electrons. The molecule has 2 aromatic carbocycles. The fourth-order valence-corrected chi connectivity index (χ4v) is 3.71. The minimum absolute atomic E-state index is 0.269. The zero-order valence-corrected chi connectivity index (χ0v) is 15.6. The molecule has 0 saturated carbocycles. The van der Waals surface area contributed by atoms with Gasteiger partial charge in [0.2, 0.25) is 0 Å². The number of rotatable bonds is 3. The summed E-state index contributed by atoms with van der Waals surface area (Å²) in [5.41, 5.74) is 0.824. The van der Waals surface area contributed by atoms with Gasteiger partial charge in [-0.05, 0) is 68.9 Å². The van der Waals surface area contributed by atoms with Crippen LogP contribution in [-0.2, 0) is 0 Å². The van der Waals surface area contributed by atoms with Gasteiger partial charge in [0.15, 0.2) is 5.75 Å². The quantitative estimate of drug-likeness (QED) is 0.330. The number of phenolic OH excluding ortho intramolecular Hbond substituents is 1. The number of hydrogen-bond donors (Lipinski definition) is 1. The lowest BCUT2D eigenvalue weighted by molar-refractivity contribution is 0.344. The van der Waals surface area contributed by atoms with Crippen LogP contribution in [0.2, 0.25) is 10.0 Å². The van der Waals surface area contributed by atoms with Gasteiger partial charge in [-0.15, -0.1) is 0 Å². The van der Waals surface area contributed by atoms with Crippen LogP contribution in [0.3, 0.4) is 0 Å². The van der Waals surface area contributed by atoms with E-state index in [1.165, 1.54) is 0 Å². The highest BCUT2D eigenvalue weighted by atomic mass is 127.